The highest BCUT2D eigenvalue weighted by molar-refractivity contribution is 9.10. The average molecular weight is 409 g/mol. The highest BCUT2D eigenvalue weighted by Gasteiger charge is 2.12. The first-order valence-electron chi connectivity index (χ1n) is 7.04. The third kappa shape index (κ3) is 4.46. The number of hydrogen-bond acceptors (Lipinski definition) is 3. The summed E-state index contributed by atoms with van der Waals surface area (Å²) in [4.78, 5) is 24.0. The maximum Gasteiger partial charge on any atom is 0.339 e. The van der Waals surface area contributed by atoms with Gasteiger partial charge in [-0.2, -0.15) is 0 Å². The Balaban J connectivity index is 2.21. The van der Waals surface area contributed by atoms with Crippen LogP contribution in [0.5, 0.6) is 0 Å². The van der Waals surface area contributed by atoms with Crippen LogP contribution >= 0.6 is 27.5 Å². The molecule has 6 heteroatoms. The normalized spacial score (nSPS) is 11.1. The second-order valence-electron chi connectivity index (χ2n) is 4.98. The molecule has 0 aliphatic carbocycles. The molecule has 0 aliphatic heterocycles. The molecule has 4 nitrogen and oxygen atoms in total. The van der Waals surface area contributed by atoms with Gasteiger partial charge in [0, 0.05) is 10.5 Å². The standard InChI is InChI=1S/C18H15BrClNO3/c1-11(12-7-8-14(19)15(20)10-12)9-17(22)21-16-6-4-3-5-13(16)18(23)24-2/h3-10H,1-2H3,(H,21,22). The van der Waals surface area contributed by atoms with E-state index in [1.807, 2.05) is 19.1 Å². The number of carbonyl (C=O) groups is 2. The zero-order valence-electron chi connectivity index (χ0n) is 13.1. The number of benzene rings is 2. The molecule has 2 aromatic rings. The number of para-hydroxylation sites is 1. The molecule has 124 valence electrons. The SMILES string of the molecule is COC(=O)c1ccccc1NC(=O)C=C(C)c1ccc(Br)c(Cl)c1. The molecular formula is C18H15BrClNO3. The number of ether oxygens (including phenoxy) is 1. The largest absolute Gasteiger partial charge is 0.465 e. The highest BCUT2D eigenvalue weighted by atomic mass is 79.9. The minimum atomic E-state index is -0.508. The van der Waals surface area contributed by atoms with Crippen molar-refractivity contribution in [2.45, 2.75) is 6.92 Å². The van der Waals surface area contributed by atoms with Crippen LogP contribution in [0, 0.1) is 0 Å². The molecule has 0 bridgehead atoms. The quantitative estimate of drug-likeness (QED) is 0.576. The van der Waals surface area contributed by atoms with E-state index >= 15 is 0 Å². The fourth-order valence-corrected chi connectivity index (χ4v) is 2.50. The molecule has 0 unspecified atom stereocenters. The summed E-state index contributed by atoms with van der Waals surface area (Å²) in [5.41, 5.74) is 2.27. The van der Waals surface area contributed by atoms with E-state index in [4.69, 9.17) is 16.3 Å². The van der Waals surface area contributed by atoms with Gasteiger partial charge >= 0.3 is 5.97 Å². The molecule has 0 radical (unpaired) electrons. The van der Waals surface area contributed by atoms with Crippen molar-refractivity contribution in [3.63, 3.8) is 0 Å². The first kappa shape index (κ1) is 18.2. The molecule has 2 aromatic carbocycles. The molecule has 0 atom stereocenters. The number of hydrogen-bond donors (Lipinski definition) is 1. The zero-order valence-corrected chi connectivity index (χ0v) is 15.4. The van der Waals surface area contributed by atoms with E-state index in [1.165, 1.54) is 13.2 Å². The molecular weight excluding hydrogens is 394 g/mol. The minimum absolute atomic E-state index is 0.297. The number of anilines is 1. The van der Waals surface area contributed by atoms with Gasteiger partial charge in [0.15, 0.2) is 0 Å². The number of amides is 1. The van der Waals surface area contributed by atoms with Crippen molar-refractivity contribution in [3.05, 3.63) is 69.2 Å². The Morgan fingerprint density at radius 2 is 1.92 bits per heavy atom. The predicted octanol–water partition coefficient (Wildman–Crippen LogP) is 4.93. The van der Waals surface area contributed by atoms with Crippen LogP contribution in [0.25, 0.3) is 5.57 Å². The number of methoxy groups -OCH3 is 1. The molecule has 0 heterocycles. The van der Waals surface area contributed by atoms with Crippen molar-refractivity contribution in [1.29, 1.82) is 0 Å². The lowest BCUT2D eigenvalue weighted by Gasteiger charge is -2.09. The summed E-state index contributed by atoms with van der Waals surface area (Å²) in [5.74, 6) is -0.853. The van der Waals surface area contributed by atoms with Crippen molar-refractivity contribution in [2.75, 3.05) is 12.4 Å². The van der Waals surface area contributed by atoms with E-state index in [-0.39, 0.29) is 5.91 Å². The highest BCUT2D eigenvalue weighted by Crippen LogP contribution is 2.26. The maximum absolute atomic E-state index is 12.2. The van der Waals surface area contributed by atoms with E-state index in [0.717, 1.165) is 15.6 Å². The van der Waals surface area contributed by atoms with Crippen LogP contribution in [0.15, 0.2) is 53.0 Å². The molecule has 0 aliphatic rings. The van der Waals surface area contributed by atoms with Gasteiger partial charge < -0.3 is 10.1 Å². The first-order valence-corrected chi connectivity index (χ1v) is 8.21. The molecule has 2 rings (SSSR count). The Morgan fingerprint density at radius 3 is 2.58 bits per heavy atom. The van der Waals surface area contributed by atoms with Crippen molar-refractivity contribution in [3.8, 4) is 0 Å². The number of esters is 1. The minimum Gasteiger partial charge on any atom is -0.465 e. The Bertz CT molecular complexity index is 818. The van der Waals surface area contributed by atoms with Gasteiger partial charge in [-0.15, -0.1) is 0 Å². The lowest BCUT2D eigenvalue weighted by atomic mass is 10.1. The average Bonchev–Trinajstić information content (AvgIpc) is 2.57. The fraction of sp³-hybridized carbons (Fsp3) is 0.111. The van der Waals surface area contributed by atoms with Crippen molar-refractivity contribution < 1.29 is 14.3 Å². The zero-order chi connectivity index (χ0) is 17.7. The number of halogens is 2. The molecule has 0 aromatic heterocycles. The van der Waals surface area contributed by atoms with Gasteiger partial charge in [0.2, 0.25) is 5.91 Å². The second-order valence-corrected chi connectivity index (χ2v) is 6.24. The molecule has 24 heavy (non-hydrogen) atoms. The second kappa shape index (κ2) is 8.13. The van der Waals surface area contributed by atoms with E-state index < -0.39 is 5.97 Å². The number of nitrogens with one attached hydrogen (secondary N) is 1. The van der Waals surface area contributed by atoms with Crippen LogP contribution in [0.2, 0.25) is 5.02 Å². The Morgan fingerprint density at radius 1 is 1.21 bits per heavy atom. The van der Waals surface area contributed by atoms with Gasteiger partial charge in [-0.05, 0) is 58.3 Å². The third-order valence-electron chi connectivity index (χ3n) is 3.31. The van der Waals surface area contributed by atoms with E-state index in [0.29, 0.717) is 16.3 Å². The topological polar surface area (TPSA) is 55.4 Å². The van der Waals surface area contributed by atoms with Crippen molar-refractivity contribution in [2.24, 2.45) is 0 Å². The van der Waals surface area contributed by atoms with Crippen molar-refractivity contribution >= 4 is 50.7 Å². The first-order chi connectivity index (χ1) is 11.4. The fourth-order valence-electron chi connectivity index (χ4n) is 2.07. The summed E-state index contributed by atoms with van der Waals surface area (Å²) < 4.78 is 5.50. The third-order valence-corrected chi connectivity index (χ3v) is 4.55. The lowest BCUT2D eigenvalue weighted by Crippen LogP contribution is -2.13. The Hall–Kier alpha value is -2.11. The summed E-state index contributed by atoms with van der Waals surface area (Å²) in [7, 11) is 1.29. The summed E-state index contributed by atoms with van der Waals surface area (Å²) >= 11 is 9.40. The van der Waals surface area contributed by atoms with Crippen LogP contribution < -0.4 is 5.32 Å². The molecule has 0 saturated carbocycles. The molecule has 1 amide bonds. The van der Waals surface area contributed by atoms with Gasteiger partial charge in [0.05, 0.1) is 23.4 Å². The Labute approximate surface area is 153 Å². The predicted molar refractivity (Wildman–Crippen MR) is 99.2 cm³/mol. The van der Waals surface area contributed by atoms with Gasteiger partial charge in [-0.25, -0.2) is 4.79 Å². The summed E-state index contributed by atoms with van der Waals surface area (Å²) in [5, 5.41) is 3.26. The summed E-state index contributed by atoms with van der Waals surface area (Å²) in [6.07, 6.45) is 1.45. The number of rotatable bonds is 4. The van der Waals surface area contributed by atoms with Crippen LogP contribution in [0.3, 0.4) is 0 Å². The van der Waals surface area contributed by atoms with Gasteiger partial charge in [0.25, 0.3) is 0 Å². The van der Waals surface area contributed by atoms with Gasteiger partial charge in [0.1, 0.15) is 0 Å². The smallest absolute Gasteiger partial charge is 0.339 e. The summed E-state index contributed by atoms with van der Waals surface area (Å²) in [6.45, 7) is 1.81. The van der Waals surface area contributed by atoms with Gasteiger partial charge in [-0.1, -0.05) is 29.8 Å². The maximum atomic E-state index is 12.2. The number of allylic oxidation sites excluding steroid dienone is 1. The molecule has 1 N–H and O–H groups in total. The van der Waals surface area contributed by atoms with Gasteiger partial charge in [-0.3, -0.25) is 4.79 Å². The van der Waals surface area contributed by atoms with E-state index in [2.05, 4.69) is 21.2 Å². The van der Waals surface area contributed by atoms with Crippen LogP contribution in [-0.2, 0) is 9.53 Å². The Kier molecular flexibility index (Phi) is 6.17. The van der Waals surface area contributed by atoms with Crippen LogP contribution in [-0.4, -0.2) is 19.0 Å². The molecule has 0 fully saturated rings. The molecule has 0 spiro atoms. The molecule has 0 saturated heterocycles. The van der Waals surface area contributed by atoms with E-state index in [1.54, 1.807) is 30.3 Å². The number of carbonyl (C=O) groups excluding carboxylic acids is 2. The van der Waals surface area contributed by atoms with Crippen LogP contribution in [0.4, 0.5) is 5.69 Å². The van der Waals surface area contributed by atoms with Crippen LogP contribution in [0.1, 0.15) is 22.8 Å². The lowest BCUT2D eigenvalue weighted by molar-refractivity contribution is -0.111. The van der Waals surface area contributed by atoms with E-state index in [9.17, 15) is 9.59 Å². The van der Waals surface area contributed by atoms with Crippen molar-refractivity contribution in [1.82, 2.24) is 0 Å². The monoisotopic (exact) mass is 407 g/mol. The summed E-state index contributed by atoms with van der Waals surface area (Å²) in [6, 6.07) is 12.1.